The molecule has 18 heavy (non-hydrogen) atoms. The number of phenols is 1. The van der Waals surface area contributed by atoms with Gasteiger partial charge < -0.3 is 10.4 Å². The Labute approximate surface area is 108 Å². The molecule has 0 aliphatic heterocycles. The molecule has 0 spiro atoms. The van der Waals surface area contributed by atoms with Crippen LogP contribution in [0.5, 0.6) is 5.75 Å². The molecule has 0 heterocycles. The molecule has 0 aromatic heterocycles. The lowest BCUT2D eigenvalue weighted by Gasteiger charge is -2.22. The second-order valence-corrected chi connectivity index (χ2v) is 5.10. The topological polar surface area (TPSA) is 49.3 Å². The Balaban J connectivity index is 2.20. The van der Waals surface area contributed by atoms with Crippen molar-refractivity contribution in [3.8, 4) is 5.75 Å². The van der Waals surface area contributed by atoms with Crippen LogP contribution in [0.25, 0.3) is 0 Å². The molecular weight excluding hydrogens is 226 g/mol. The molecule has 1 aliphatic carbocycles. The van der Waals surface area contributed by atoms with Crippen LogP contribution in [0.1, 0.15) is 48.0 Å². The summed E-state index contributed by atoms with van der Waals surface area (Å²) in [6.07, 6.45) is 7.29. The van der Waals surface area contributed by atoms with E-state index in [4.69, 9.17) is 0 Å². The molecule has 2 rings (SSSR count). The number of benzene rings is 1. The number of nitrogens with one attached hydrogen (secondary N) is 1. The third-order valence-electron chi connectivity index (χ3n) is 3.82. The van der Waals surface area contributed by atoms with Crippen LogP contribution < -0.4 is 5.32 Å². The summed E-state index contributed by atoms with van der Waals surface area (Å²) in [5.41, 5.74) is 1.42. The van der Waals surface area contributed by atoms with Crippen LogP contribution in [0, 0.1) is 5.92 Å². The zero-order valence-corrected chi connectivity index (χ0v) is 10.9. The van der Waals surface area contributed by atoms with Gasteiger partial charge in [0.2, 0.25) is 0 Å². The molecule has 0 radical (unpaired) electrons. The van der Waals surface area contributed by atoms with E-state index in [1.807, 2.05) is 12.1 Å². The van der Waals surface area contributed by atoms with Crippen LogP contribution in [0.2, 0.25) is 0 Å². The Kier molecular flexibility index (Phi) is 4.24. The van der Waals surface area contributed by atoms with Crippen molar-refractivity contribution in [3.05, 3.63) is 29.3 Å². The fraction of sp³-hybridized carbons (Fsp3) is 0.533. The number of amides is 1. The summed E-state index contributed by atoms with van der Waals surface area (Å²) in [4.78, 5) is 11.8. The molecule has 3 heteroatoms. The standard InChI is InChI=1S/C15H21NO2/c1-16-15(18)14-12(8-5-9-13(14)17)10-11-6-3-2-4-7-11/h5,8-9,11,17H,2-4,6-7,10H2,1H3,(H,16,18). The Morgan fingerprint density at radius 3 is 2.72 bits per heavy atom. The largest absolute Gasteiger partial charge is 0.507 e. The van der Waals surface area contributed by atoms with Gasteiger partial charge in [-0.2, -0.15) is 0 Å². The van der Waals surface area contributed by atoms with Crippen molar-refractivity contribution in [3.63, 3.8) is 0 Å². The number of carbonyl (C=O) groups is 1. The van der Waals surface area contributed by atoms with E-state index in [2.05, 4.69) is 5.32 Å². The Morgan fingerprint density at radius 2 is 2.06 bits per heavy atom. The van der Waals surface area contributed by atoms with E-state index in [0.717, 1.165) is 12.0 Å². The van der Waals surface area contributed by atoms with Crippen molar-refractivity contribution in [1.29, 1.82) is 0 Å². The first-order valence-electron chi connectivity index (χ1n) is 6.75. The maximum absolute atomic E-state index is 11.8. The minimum absolute atomic E-state index is 0.0858. The highest BCUT2D eigenvalue weighted by Gasteiger charge is 2.19. The van der Waals surface area contributed by atoms with Crippen molar-refractivity contribution in [2.75, 3.05) is 7.05 Å². The molecule has 1 aromatic rings. The van der Waals surface area contributed by atoms with E-state index in [1.165, 1.54) is 32.1 Å². The lowest BCUT2D eigenvalue weighted by atomic mass is 9.83. The van der Waals surface area contributed by atoms with Crippen LogP contribution in [-0.4, -0.2) is 18.1 Å². The molecule has 0 bridgehead atoms. The molecule has 2 N–H and O–H groups in total. The second-order valence-electron chi connectivity index (χ2n) is 5.10. The van der Waals surface area contributed by atoms with Gasteiger partial charge >= 0.3 is 0 Å². The van der Waals surface area contributed by atoms with E-state index in [-0.39, 0.29) is 11.7 Å². The van der Waals surface area contributed by atoms with Crippen LogP contribution in [0.4, 0.5) is 0 Å². The number of hydrogen-bond donors (Lipinski definition) is 2. The summed E-state index contributed by atoms with van der Waals surface area (Å²) in [6, 6.07) is 5.35. The lowest BCUT2D eigenvalue weighted by Crippen LogP contribution is -2.21. The van der Waals surface area contributed by atoms with Gasteiger partial charge in [-0.15, -0.1) is 0 Å². The summed E-state index contributed by atoms with van der Waals surface area (Å²) in [7, 11) is 1.60. The molecule has 0 atom stereocenters. The Bertz CT molecular complexity index is 423. The van der Waals surface area contributed by atoms with Gasteiger partial charge in [0.25, 0.3) is 5.91 Å². The minimum atomic E-state index is -0.195. The predicted molar refractivity (Wildman–Crippen MR) is 71.8 cm³/mol. The highest BCUT2D eigenvalue weighted by Crippen LogP contribution is 2.30. The van der Waals surface area contributed by atoms with Crippen LogP contribution >= 0.6 is 0 Å². The van der Waals surface area contributed by atoms with Gasteiger partial charge in [-0.1, -0.05) is 44.2 Å². The summed E-state index contributed by atoms with van der Waals surface area (Å²) in [5.74, 6) is 0.547. The van der Waals surface area contributed by atoms with E-state index in [9.17, 15) is 9.90 Å². The van der Waals surface area contributed by atoms with Gasteiger partial charge in [0.05, 0.1) is 5.56 Å². The van der Waals surface area contributed by atoms with Gasteiger partial charge in [0.15, 0.2) is 0 Å². The molecule has 1 aromatic carbocycles. The first kappa shape index (κ1) is 12.9. The van der Waals surface area contributed by atoms with Crippen molar-refractivity contribution >= 4 is 5.91 Å². The Hall–Kier alpha value is -1.51. The fourth-order valence-electron chi connectivity index (χ4n) is 2.85. The van der Waals surface area contributed by atoms with Gasteiger partial charge in [-0.25, -0.2) is 0 Å². The molecule has 1 saturated carbocycles. The number of carbonyl (C=O) groups excluding carboxylic acids is 1. The van der Waals surface area contributed by atoms with E-state index in [1.54, 1.807) is 13.1 Å². The number of hydrogen-bond acceptors (Lipinski definition) is 2. The van der Waals surface area contributed by atoms with Gasteiger partial charge in [-0.05, 0) is 24.0 Å². The van der Waals surface area contributed by atoms with E-state index < -0.39 is 0 Å². The number of aromatic hydroxyl groups is 1. The number of phenolic OH excluding ortho intramolecular Hbond substituents is 1. The molecule has 0 unspecified atom stereocenters. The quantitative estimate of drug-likeness (QED) is 0.863. The minimum Gasteiger partial charge on any atom is -0.507 e. The Morgan fingerprint density at radius 1 is 1.33 bits per heavy atom. The van der Waals surface area contributed by atoms with Crippen molar-refractivity contribution in [1.82, 2.24) is 5.32 Å². The van der Waals surface area contributed by atoms with Crippen LogP contribution in [0.3, 0.4) is 0 Å². The summed E-state index contributed by atoms with van der Waals surface area (Å²) in [6.45, 7) is 0. The molecule has 98 valence electrons. The summed E-state index contributed by atoms with van der Waals surface area (Å²) in [5, 5.41) is 12.5. The average molecular weight is 247 g/mol. The highest BCUT2D eigenvalue weighted by atomic mass is 16.3. The lowest BCUT2D eigenvalue weighted by molar-refractivity contribution is 0.0959. The third-order valence-corrected chi connectivity index (χ3v) is 3.82. The monoisotopic (exact) mass is 247 g/mol. The molecule has 1 fully saturated rings. The smallest absolute Gasteiger partial charge is 0.255 e. The summed E-state index contributed by atoms with van der Waals surface area (Å²) < 4.78 is 0. The van der Waals surface area contributed by atoms with Gasteiger partial charge in [0, 0.05) is 7.05 Å². The molecule has 3 nitrogen and oxygen atoms in total. The fourth-order valence-corrected chi connectivity index (χ4v) is 2.85. The molecule has 1 amide bonds. The maximum Gasteiger partial charge on any atom is 0.255 e. The van der Waals surface area contributed by atoms with Crippen molar-refractivity contribution in [2.45, 2.75) is 38.5 Å². The second kappa shape index (κ2) is 5.89. The van der Waals surface area contributed by atoms with E-state index >= 15 is 0 Å². The maximum atomic E-state index is 11.8. The highest BCUT2D eigenvalue weighted by molar-refractivity contribution is 5.98. The molecule has 0 saturated heterocycles. The summed E-state index contributed by atoms with van der Waals surface area (Å²) >= 11 is 0. The number of rotatable bonds is 3. The first-order chi connectivity index (χ1) is 8.72. The van der Waals surface area contributed by atoms with Crippen molar-refractivity contribution < 1.29 is 9.90 Å². The molecular formula is C15H21NO2. The first-order valence-corrected chi connectivity index (χ1v) is 6.75. The molecule has 1 aliphatic rings. The predicted octanol–water partition coefficient (Wildman–Crippen LogP) is 2.87. The van der Waals surface area contributed by atoms with Crippen LogP contribution in [0.15, 0.2) is 18.2 Å². The SMILES string of the molecule is CNC(=O)c1c(O)cccc1CC1CCCCC1. The third kappa shape index (κ3) is 2.84. The normalized spacial score (nSPS) is 16.5. The van der Waals surface area contributed by atoms with E-state index in [0.29, 0.717) is 11.5 Å². The average Bonchev–Trinajstić information content (AvgIpc) is 2.39. The van der Waals surface area contributed by atoms with Crippen molar-refractivity contribution in [2.24, 2.45) is 5.92 Å². The zero-order valence-electron chi connectivity index (χ0n) is 10.9. The van der Waals surface area contributed by atoms with Gasteiger partial charge in [0.1, 0.15) is 5.75 Å². The van der Waals surface area contributed by atoms with Crippen LogP contribution in [-0.2, 0) is 6.42 Å². The zero-order chi connectivity index (χ0) is 13.0. The van der Waals surface area contributed by atoms with Gasteiger partial charge in [-0.3, -0.25) is 4.79 Å².